The number of carbonyl (C=O) groups is 1. The van der Waals surface area contributed by atoms with Gasteiger partial charge >= 0.3 is 0 Å². The van der Waals surface area contributed by atoms with Gasteiger partial charge in [0.1, 0.15) is 0 Å². The summed E-state index contributed by atoms with van der Waals surface area (Å²) in [6.45, 7) is 1.31. The maximum absolute atomic E-state index is 12.4. The third kappa shape index (κ3) is 3.30. The number of para-hydroxylation sites is 1. The summed E-state index contributed by atoms with van der Waals surface area (Å²) in [5.74, 6) is 0.175. The molecule has 0 bridgehead atoms. The Bertz CT molecular complexity index is 697. The maximum Gasteiger partial charge on any atom is 0.178 e. The van der Waals surface area contributed by atoms with Gasteiger partial charge in [0.05, 0.1) is 6.54 Å². The second kappa shape index (κ2) is 6.93. The van der Waals surface area contributed by atoms with E-state index in [1.807, 2.05) is 36.0 Å². The van der Waals surface area contributed by atoms with Crippen LogP contribution in [0.15, 0.2) is 42.1 Å². The molecule has 1 aliphatic rings. The zero-order valence-electron chi connectivity index (χ0n) is 13.3. The molecule has 2 aromatic rings. The third-order valence-corrected chi connectivity index (χ3v) is 4.49. The van der Waals surface area contributed by atoms with E-state index in [9.17, 15) is 4.79 Å². The van der Waals surface area contributed by atoms with Crippen LogP contribution in [0.25, 0.3) is 10.9 Å². The Labute approximate surface area is 132 Å². The van der Waals surface area contributed by atoms with Gasteiger partial charge in [0.2, 0.25) is 0 Å². The van der Waals surface area contributed by atoms with Crippen LogP contribution in [0.1, 0.15) is 42.5 Å². The number of aromatic nitrogens is 1. The molecule has 0 unspecified atom stereocenters. The quantitative estimate of drug-likeness (QED) is 0.499. The van der Waals surface area contributed by atoms with E-state index in [1.54, 1.807) is 5.57 Å². The van der Waals surface area contributed by atoms with Gasteiger partial charge in [0.25, 0.3) is 0 Å². The lowest BCUT2D eigenvalue weighted by Crippen LogP contribution is -2.24. The highest BCUT2D eigenvalue weighted by Crippen LogP contribution is 2.21. The predicted octanol–water partition coefficient (Wildman–Crippen LogP) is 3.84. The van der Waals surface area contributed by atoms with Crippen LogP contribution in [0.2, 0.25) is 0 Å². The minimum atomic E-state index is 0.175. The van der Waals surface area contributed by atoms with Gasteiger partial charge in [-0.1, -0.05) is 29.8 Å². The number of benzene rings is 1. The van der Waals surface area contributed by atoms with Gasteiger partial charge in [0, 0.05) is 29.7 Å². The molecule has 1 N–H and O–H groups in total. The van der Waals surface area contributed by atoms with E-state index in [1.165, 1.54) is 25.7 Å². The predicted molar refractivity (Wildman–Crippen MR) is 91.3 cm³/mol. The summed E-state index contributed by atoms with van der Waals surface area (Å²) in [4.78, 5) is 12.4. The molecule has 3 rings (SSSR count). The van der Waals surface area contributed by atoms with Gasteiger partial charge in [-0.3, -0.25) is 4.79 Å². The van der Waals surface area contributed by atoms with Crippen molar-refractivity contribution in [2.45, 2.75) is 32.1 Å². The lowest BCUT2D eigenvalue weighted by atomic mass is 9.97. The Morgan fingerprint density at radius 2 is 2.14 bits per heavy atom. The van der Waals surface area contributed by atoms with Crippen molar-refractivity contribution < 1.29 is 4.79 Å². The Morgan fingerprint density at radius 3 is 2.95 bits per heavy atom. The van der Waals surface area contributed by atoms with Gasteiger partial charge in [-0.2, -0.15) is 0 Å². The van der Waals surface area contributed by atoms with Crippen molar-refractivity contribution in [1.29, 1.82) is 0 Å². The van der Waals surface area contributed by atoms with Crippen LogP contribution in [-0.4, -0.2) is 23.4 Å². The van der Waals surface area contributed by atoms with Crippen molar-refractivity contribution in [2.75, 3.05) is 13.1 Å². The van der Waals surface area contributed by atoms with Crippen molar-refractivity contribution >= 4 is 16.7 Å². The Balaban J connectivity index is 1.56. The number of carbonyl (C=O) groups excluding carboxylic acids is 1. The molecule has 1 heterocycles. The molecule has 0 saturated heterocycles. The Kier molecular flexibility index (Phi) is 4.74. The summed E-state index contributed by atoms with van der Waals surface area (Å²) in [5.41, 5.74) is 3.48. The van der Waals surface area contributed by atoms with E-state index in [-0.39, 0.29) is 5.78 Å². The molecule has 0 aliphatic heterocycles. The molecule has 3 nitrogen and oxygen atoms in total. The summed E-state index contributed by atoms with van der Waals surface area (Å²) < 4.78 is 2.02. The minimum Gasteiger partial charge on any atom is -0.350 e. The number of hydrogen-bond donors (Lipinski definition) is 1. The Morgan fingerprint density at radius 1 is 1.27 bits per heavy atom. The van der Waals surface area contributed by atoms with E-state index in [4.69, 9.17) is 0 Å². The third-order valence-electron chi connectivity index (χ3n) is 4.49. The number of nitrogens with one attached hydrogen (secondary N) is 1. The first kappa shape index (κ1) is 15.0. The van der Waals surface area contributed by atoms with Crippen LogP contribution in [0.3, 0.4) is 0 Å². The number of fused-ring (bicyclic) bond motifs is 1. The number of hydrogen-bond acceptors (Lipinski definition) is 2. The molecular formula is C19H24N2O. The van der Waals surface area contributed by atoms with Crippen LogP contribution in [0, 0.1) is 0 Å². The first-order valence-corrected chi connectivity index (χ1v) is 8.21. The highest BCUT2D eigenvalue weighted by molar-refractivity contribution is 6.09. The molecule has 0 amide bonds. The summed E-state index contributed by atoms with van der Waals surface area (Å²) in [6.07, 6.45) is 10.5. The van der Waals surface area contributed by atoms with Crippen molar-refractivity contribution in [3.05, 3.63) is 47.7 Å². The molecular weight excluding hydrogens is 272 g/mol. The topological polar surface area (TPSA) is 34.0 Å². The summed E-state index contributed by atoms with van der Waals surface area (Å²) in [5, 5.41) is 4.35. The molecule has 116 valence electrons. The molecule has 0 spiro atoms. The smallest absolute Gasteiger partial charge is 0.178 e. The zero-order valence-corrected chi connectivity index (χ0v) is 13.3. The van der Waals surface area contributed by atoms with Crippen LogP contribution in [0.4, 0.5) is 0 Å². The van der Waals surface area contributed by atoms with Gasteiger partial charge in [0.15, 0.2) is 5.78 Å². The molecule has 0 fully saturated rings. The van der Waals surface area contributed by atoms with Gasteiger partial charge in [-0.15, -0.1) is 0 Å². The fourth-order valence-corrected chi connectivity index (χ4v) is 3.24. The lowest BCUT2D eigenvalue weighted by Gasteiger charge is -2.12. The van der Waals surface area contributed by atoms with Crippen LogP contribution >= 0.6 is 0 Å². The van der Waals surface area contributed by atoms with Crippen LogP contribution in [-0.2, 0) is 7.05 Å². The summed E-state index contributed by atoms with van der Waals surface area (Å²) in [6, 6.07) is 8.07. The second-order valence-corrected chi connectivity index (χ2v) is 6.13. The van der Waals surface area contributed by atoms with Gasteiger partial charge in [-0.25, -0.2) is 0 Å². The second-order valence-electron chi connectivity index (χ2n) is 6.13. The number of rotatable bonds is 6. The van der Waals surface area contributed by atoms with Crippen LogP contribution in [0.5, 0.6) is 0 Å². The molecule has 22 heavy (non-hydrogen) atoms. The van der Waals surface area contributed by atoms with E-state index in [2.05, 4.69) is 17.5 Å². The summed E-state index contributed by atoms with van der Waals surface area (Å²) in [7, 11) is 1.99. The summed E-state index contributed by atoms with van der Waals surface area (Å²) >= 11 is 0. The molecule has 1 aromatic heterocycles. The van der Waals surface area contributed by atoms with Crippen molar-refractivity contribution in [3.63, 3.8) is 0 Å². The first-order valence-electron chi connectivity index (χ1n) is 8.21. The molecule has 3 heteroatoms. The van der Waals surface area contributed by atoms with E-state index < -0.39 is 0 Å². The molecule has 1 aromatic carbocycles. The number of nitrogens with zero attached hydrogens (tertiary/aromatic N) is 1. The molecule has 0 radical (unpaired) electrons. The first-order chi connectivity index (χ1) is 10.8. The van der Waals surface area contributed by atoms with Gasteiger partial charge < -0.3 is 9.88 Å². The van der Waals surface area contributed by atoms with E-state index in [0.717, 1.165) is 29.4 Å². The zero-order chi connectivity index (χ0) is 15.4. The highest BCUT2D eigenvalue weighted by atomic mass is 16.1. The largest absolute Gasteiger partial charge is 0.350 e. The molecule has 0 saturated carbocycles. The monoisotopic (exact) mass is 296 g/mol. The van der Waals surface area contributed by atoms with Crippen molar-refractivity contribution in [1.82, 2.24) is 9.88 Å². The lowest BCUT2D eigenvalue weighted by molar-refractivity contribution is 0.0993. The fraction of sp³-hybridized carbons (Fsp3) is 0.421. The number of ketones is 1. The standard InChI is InChI=1S/C19H24N2O/c1-21-14-17(16-9-5-6-10-18(16)21)19(22)13-20-12-11-15-7-3-2-4-8-15/h5-7,9-10,14,20H,2-4,8,11-13H2,1H3. The average molecular weight is 296 g/mol. The molecule has 0 atom stereocenters. The number of allylic oxidation sites excluding steroid dienone is 1. The average Bonchev–Trinajstić information content (AvgIpc) is 2.90. The van der Waals surface area contributed by atoms with E-state index >= 15 is 0 Å². The highest BCUT2D eigenvalue weighted by Gasteiger charge is 2.13. The van der Waals surface area contributed by atoms with Crippen molar-refractivity contribution in [2.24, 2.45) is 7.05 Å². The maximum atomic E-state index is 12.4. The Hall–Kier alpha value is -1.87. The number of Topliss-reactive ketones (excluding diaryl/α,β-unsaturated/α-hetero) is 1. The number of aryl methyl sites for hydroxylation is 1. The van der Waals surface area contributed by atoms with E-state index in [0.29, 0.717) is 6.54 Å². The van der Waals surface area contributed by atoms with Gasteiger partial charge in [-0.05, 0) is 44.7 Å². The minimum absolute atomic E-state index is 0.175. The van der Waals surface area contributed by atoms with Crippen LogP contribution < -0.4 is 5.32 Å². The van der Waals surface area contributed by atoms with Crippen molar-refractivity contribution in [3.8, 4) is 0 Å². The molecule has 1 aliphatic carbocycles. The SMILES string of the molecule is Cn1cc(C(=O)CNCCC2=CCCCC2)c2ccccc21. The fourth-order valence-electron chi connectivity index (χ4n) is 3.24. The normalized spacial score (nSPS) is 15.0.